The number of hydrogen-bond acceptors (Lipinski definition) is 5. The molecule has 1 atom stereocenters. The number of sulfonamides is 1. The normalized spacial score (nSPS) is 12.9. The van der Waals surface area contributed by atoms with Gasteiger partial charge in [0.15, 0.2) is 0 Å². The van der Waals surface area contributed by atoms with Crippen LogP contribution < -0.4 is 4.72 Å². The van der Waals surface area contributed by atoms with Crippen molar-refractivity contribution in [3.63, 3.8) is 0 Å². The molecule has 0 saturated heterocycles. The molecule has 8 nitrogen and oxygen atoms in total. The van der Waals surface area contributed by atoms with E-state index in [2.05, 4.69) is 0 Å². The summed E-state index contributed by atoms with van der Waals surface area (Å²) in [4.78, 5) is 19.7. The minimum Gasteiger partial charge on any atom is -0.480 e. The van der Waals surface area contributed by atoms with Crippen LogP contribution in [0.25, 0.3) is 0 Å². The Hall–Kier alpha value is -2.07. The first-order chi connectivity index (χ1) is 9.19. The summed E-state index contributed by atoms with van der Waals surface area (Å²) >= 11 is 0. The number of hydrogen-bond donors (Lipinski definition) is 2. The lowest BCUT2D eigenvalue weighted by molar-refractivity contribution is -0.387. The molecule has 1 rings (SSSR count). The molecular formula is C10H11FN2O6S. The zero-order valence-electron chi connectivity index (χ0n) is 10.2. The van der Waals surface area contributed by atoms with E-state index in [4.69, 9.17) is 5.11 Å². The van der Waals surface area contributed by atoms with Crippen LogP contribution in [0.4, 0.5) is 10.1 Å². The van der Waals surface area contributed by atoms with Crippen LogP contribution in [0.5, 0.6) is 0 Å². The average molecular weight is 306 g/mol. The highest BCUT2D eigenvalue weighted by molar-refractivity contribution is 7.89. The zero-order chi connectivity index (χ0) is 15.5. The summed E-state index contributed by atoms with van der Waals surface area (Å²) in [5, 5.41) is 19.3. The van der Waals surface area contributed by atoms with Crippen molar-refractivity contribution >= 4 is 21.7 Å². The molecule has 0 saturated carbocycles. The van der Waals surface area contributed by atoms with Crippen LogP contribution in [0.15, 0.2) is 23.1 Å². The van der Waals surface area contributed by atoms with Gasteiger partial charge in [0.25, 0.3) is 0 Å². The molecule has 1 aromatic carbocycles. The van der Waals surface area contributed by atoms with Gasteiger partial charge in [-0.15, -0.1) is 0 Å². The number of halogens is 1. The Kier molecular flexibility index (Phi) is 4.73. The van der Waals surface area contributed by atoms with E-state index < -0.39 is 43.4 Å². The first-order valence-corrected chi connectivity index (χ1v) is 6.86. The first kappa shape index (κ1) is 16.0. The smallest absolute Gasteiger partial charge is 0.321 e. The second-order valence-corrected chi connectivity index (χ2v) is 5.50. The van der Waals surface area contributed by atoms with Crippen LogP contribution in [0.3, 0.4) is 0 Å². The molecule has 20 heavy (non-hydrogen) atoms. The summed E-state index contributed by atoms with van der Waals surface area (Å²) in [6.45, 7) is 1.45. The van der Waals surface area contributed by atoms with Crippen molar-refractivity contribution < 1.29 is 27.6 Å². The van der Waals surface area contributed by atoms with E-state index in [1.807, 2.05) is 4.72 Å². The predicted octanol–water partition coefficient (Wildman–Crippen LogP) is 0.875. The van der Waals surface area contributed by atoms with Crippen LogP contribution in [-0.4, -0.2) is 30.5 Å². The lowest BCUT2D eigenvalue weighted by Gasteiger charge is -2.12. The van der Waals surface area contributed by atoms with Crippen molar-refractivity contribution in [2.75, 3.05) is 0 Å². The third-order valence-electron chi connectivity index (χ3n) is 2.43. The zero-order valence-corrected chi connectivity index (χ0v) is 11.1. The number of nitrogens with zero attached hydrogens (tertiary/aromatic N) is 1. The molecule has 0 aliphatic carbocycles. The van der Waals surface area contributed by atoms with Crippen molar-refractivity contribution in [2.45, 2.75) is 24.3 Å². The summed E-state index contributed by atoms with van der Waals surface area (Å²) in [7, 11) is -4.29. The molecule has 0 aliphatic heterocycles. The van der Waals surface area contributed by atoms with Gasteiger partial charge in [0.2, 0.25) is 15.8 Å². The molecule has 110 valence electrons. The number of rotatable bonds is 6. The van der Waals surface area contributed by atoms with Gasteiger partial charge in [0.05, 0.1) is 9.82 Å². The molecule has 0 heterocycles. The van der Waals surface area contributed by atoms with Crippen LogP contribution in [0.2, 0.25) is 0 Å². The Labute approximate surface area is 113 Å². The van der Waals surface area contributed by atoms with Crippen molar-refractivity contribution in [1.82, 2.24) is 4.72 Å². The number of carboxylic acids is 1. The highest BCUT2D eigenvalue weighted by Gasteiger charge is 2.26. The van der Waals surface area contributed by atoms with Gasteiger partial charge in [-0.2, -0.15) is 9.11 Å². The van der Waals surface area contributed by atoms with E-state index in [-0.39, 0.29) is 6.42 Å². The Morgan fingerprint density at radius 3 is 2.60 bits per heavy atom. The van der Waals surface area contributed by atoms with Gasteiger partial charge in [0, 0.05) is 6.07 Å². The van der Waals surface area contributed by atoms with E-state index in [0.717, 1.165) is 6.07 Å². The first-order valence-electron chi connectivity index (χ1n) is 5.38. The van der Waals surface area contributed by atoms with Crippen LogP contribution in [-0.2, 0) is 14.8 Å². The number of nitro groups is 1. The van der Waals surface area contributed by atoms with Crippen molar-refractivity contribution in [3.05, 3.63) is 34.1 Å². The van der Waals surface area contributed by atoms with Gasteiger partial charge < -0.3 is 5.11 Å². The topological polar surface area (TPSA) is 127 Å². The summed E-state index contributed by atoms with van der Waals surface area (Å²) in [5.74, 6) is -2.56. The predicted molar refractivity (Wildman–Crippen MR) is 65.1 cm³/mol. The molecule has 0 bridgehead atoms. The monoisotopic (exact) mass is 306 g/mol. The van der Waals surface area contributed by atoms with Crippen LogP contribution >= 0.6 is 0 Å². The number of aliphatic carboxylic acids is 1. The Morgan fingerprint density at radius 1 is 1.55 bits per heavy atom. The quantitative estimate of drug-likeness (QED) is 0.593. The molecule has 0 amide bonds. The number of benzene rings is 1. The largest absolute Gasteiger partial charge is 0.480 e. The number of nitrogens with one attached hydrogen (secondary N) is 1. The fraction of sp³-hybridized carbons (Fsp3) is 0.300. The fourth-order valence-corrected chi connectivity index (χ4v) is 2.66. The summed E-state index contributed by atoms with van der Waals surface area (Å²) < 4.78 is 38.7. The maximum absolute atomic E-state index is 13.1. The number of carboxylic acid groups (broad SMARTS) is 1. The summed E-state index contributed by atoms with van der Waals surface area (Å²) in [6, 6.07) is 0.615. The molecule has 0 spiro atoms. The Balaban J connectivity index is 3.19. The molecule has 0 aliphatic rings. The highest BCUT2D eigenvalue weighted by atomic mass is 32.2. The molecule has 0 fully saturated rings. The standard InChI is InChI=1S/C10H11FN2O6S/c1-2-8(10(14)15)12-20(18,19)6-3-4-7(11)9(5-6)13(16)17/h3-5,8,12H,2H2,1H3,(H,14,15). The minimum absolute atomic E-state index is 0.0160. The molecule has 1 unspecified atom stereocenters. The van der Waals surface area contributed by atoms with E-state index in [9.17, 15) is 27.7 Å². The molecule has 0 aromatic heterocycles. The molecule has 0 radical (unpaired) electrons. The van der Waals surface area contributed by atoms with Gasteiger partial charge in [-0.05, 0) is 18.6 Å². The SMILES string of the molecule is CCC(NS(=O)(=O)c1ccc(F)c([N+](=O)[O-])c1)C(=O)O. The van der Waals surface area contributed by atoms with Crippen LogP contribution in [0, 0.1) is 15.9 Å². The average Bonchev–Trinajstić information content (AvgIpc) is 2.35. The fourth-order valence-electron chi connectivity index (χ4n) is 1.36. The highest BCUT2D eigenvalue weighted by Crippen LogP contribution is 2.21. The van der Waals surface area contributed by atoms with E-state index in [0.29, 0.717) is 12.1 Å². The second-order valence-electron chi connectivity index (χ2n) is 3.79. The third-order valence-corrected chi connectivity index (χ3v) is 3.90. The maximum Gasteiger partial charge on any atom is 0.321 e. The molecule has 2 N–H and O–H groups in total. The molecule has 1 aromatic rings. The summed E-state index contributed by atoms with van der Waals surface area (Å²) in [5.41, 5.74) is -1.00. The minimum atomic E-state index is -4.29. The van der Waals surface area contributed by atoms with Gasteiger partial charge in [-0.25, -0.2) is 8.42 Å². The van der Waals surface area contributed by atoms with Crippen molar-refractivity contribution in [1.29, 1.82) is 0 Å². The van der Waals surface area contributed by atoms with Crippen molar-refractivity contribution in [2.24, 2.45) is 0 Å². The third kappa shape index (κ3) is 3.48. The van der Waals surface area contributed by atoms with Crippen molar-refractivity contribution in [3.8, 4) is 0 Å². The lowest BCUT2D eigenvalue weighted by Crippen LogP contribution is -2.40. The van der Waals surface area contributed by atoms with Gasteiger partial charge >= 0.3 is 11.7 Å². The maximum atomic E-state index is 13.1. The second kappa shape index (κ2) is 5.92. The Morgan fingerprint density at radius 2 is 2.15 bits per heavy atom. The Bertz CT molecular complexity index is 645. The van der Waals surface area contributed by atoms with Gasteiger partial charge in [0.1, 0.15) is 6.04 Å². The molecule has 10 heteroatoms. The summed E-state index contributed by atoms with van der Waals surface area (Å²) in [6.07, 6.45) is -0.0160. The number of carbonyl (C=O) groups is 1. The van der Waals surface area contributed by atoms with Gasteiger partial charge in [-0.1, -0.05) is 6.92 Å². The van der Waals surface area contributed by atoms with E-state index in [1.54, 1.807) is 0 Å². The number of nitro benzene ring substituents is 1. The van der Waals surface area contributed by atoms with E-state index >= 15 is 0 Å². The lowest BCUT2D eigenvalue weighted by atomic mass is 10.2. The van der Waals surface area contributed by atoms with Crippen LogP contribution in [0.1, 0.15) is 13.3 Å². The van der Waals surface area contributed by atoms with E-state index in [1.165, 1.54) is 6.92 Å². The molecular weight excluding hydrogens is 295 g/mol. The van der Waals surface area contributed by atoms with Gasteiger partial charge in [-0.3, -0.25) is 14.9 Å².